The predicted octanol–water partition coefficient (Wildman–Crippen LogP) is 3.68. The lowest BCUT2D eigenvalue weighted by atomic mass is 10.2. The van der Waals surface area contributed by atoms with E-state index in [0.29, 0.717) is 36.5 Å². The van der Waals surface area contributed by atoms with Gasteiger partial charge in [-0.25, -0.2) is 4.98 Å². The van der Waals surface area contributed by atoms with Crippen LogP contribution in [0.4, 0.5) is 0 Å². The maximum Gasteiger partial charge on any atom is 0.251 e. The van der Waals surface area contributed by atoms with Crippen LogP contribution >= 0.6 is 22.9 Å². The summed E-state index contributed by atoms with van der Waals surface area (Å²) in [4.78, 5) is 32.5. The van der Waals surface area contributed by atoms with Crippen molar-refractivity contribution in [2.75, 3.05) is 6.54 Å². The number of rotatable bonds is 8. The first-order valence-corrected chi connectivity index (χ1v) is 10.0. The molecule has 28 heavy (non-hydrogen) atoms. The van der Waals surface area contributed by atoms with Crippen LogP contribution in [0, 0.1) is 0 Å². The van der Waals surface area contributed by atoms with Crippen molar-refractivity contribution in [3.05, 3.63) is 69.8 Å². The third-order valence-corrected chi connectivity index (χ3v) is 5.04. The van der Waals surface area contributed by atoms with E-state index in [9.17, 15) is 9.59 Å². The Morgan fingerprint density at radius 2 is 1.79 bits per heavy atom. The van der Waals surface area contributed by atoms with E-state index in [4.69, 9.17) is 11.6 Å². The van der Waals surface area contributed by atoms with E-state index in [2.05, 4.69) is 20.6 Å². The quantitative estimate of drug-likeness (QED) is 0.550. The van der Waals surface area contributed by atoms with Gasteiger partial charge in [0.15, 0.2) is 0 Å². The Morgan fingerprint density at radius 1 is 1.04 bits per heavy atom. The number of amides is 2. The monoisotopic (exact) mass is 414 g/mol. The summed E-state index contributed by atoms with van der Waals surface area (Å²) in [6.07, 6.45) is 4.35. The fourth-order valence-electron chi connectivity index (χ4n) is 2.46. The Labute approximate surface area is 172 Å². The predicted molar refractivity (Wildman–Crippen MR) is 110 cm³/mol. The van der Waals surface area contributed by atoms with Gasteiger partial charge in [-0.3, -0.25) is 14.6 Å². The van der Waals surface area contributed by atoms with Crippen molar-refractivity contribution in [1.82, 2.24) is 20.6 Å². The Balaban J connectivity index is 1.35. The van der Waals surface area contributed by atoms with Gasteiger partial charge in [0.1, 0.15) is 5.01 Å². The summed E-state index contributed by atoms with van der Waals surface area (Å²) in [6.45, 7) is 0.823. The first-order chi connectivity index (χ1) is 13.6. The number of halogens is 1. The van der Waals surface area contributed by atoms with Crippen LogP contribution in [-0.2, 0) is 11.3 Å². The average molecular weight is 415 g/mol. The lowest BCUT2D eigenvalue weighted by Crippen LogP contribution is -2.27. The largest absolute Gasteiger partial charge is 0.352 e. The molecule has 0 aliphatic rings. The van der Waals surface area contributed by atoms with E-state index in [0.717, 1.165) is 16.3 Å². The van der Waals surface area contributed by atoms with E-state index < -0.39 is 0 Å². The summed E-state index contributed by atoms with van der Waals surface area (Å²) in [6, 6.07) is 10.5. The van der Waals surface area contributed by atoms with E-state index in [1.54, 1.807) is 36.7 Å². The number of pyridine rings is 1. The van der Waals surface area contributed by atoms with Crippen LogP contribution in [0.1, 0.15) is 28.2 Å². The van der Waals surface area contributed by atoms with Crippen molar-refractivity contribution < 1.29 is 9.59 Å². The summed E-state index contributed by atoms with van der Waals surface area (Å²) in [5.41, 5.74) is 2.42. The molecular formula is C20H19ClN4O2S. The number of hydrogen-bond acceptors (Lipinski definition) is 5. The molecule has 1 aromatic carbocycles. The molecule has 0 radical (unpaired) electrons. The fourth-order valence-corrected chi connectivity index (χ4v) is 3.33. The first kappa shape index (κ1) is 20.0. The van der Waals surface area contributed by atoms with Crippen LogP contribution in [0.3, 0.4) is 0 Å². The minimum Gasteiger partial charge on any atom is -0.352 e. The Morgan fingerprint density at radius 3 is 2.54 bits per heavy atom. The lowest BCUT2D eigenvalue weighted by molar-refractivity contribution is -0.121. The summed E-state index contributed by atoms with van der Waals surface area (Å²) in [7, 11) is 0. The number of nitrogens with one attached hydrogen (secondary N) is 2. The minimum atomic E-state index is -0.177. The molecule has 144 valence electrons. The highest BCUT2D eigenvalue weighted by Gasteiger charge is 2.08. The normalized spacial score (nSPS) is 10.5. The Hall–Kier alpha value is -2.77. The van der Waals surface area contributed by atoms with Gasteiger partial charge in [0, 0.05) is 46.9 Å². The van der Waals surface area contributed by atoms with Gasteiger partial charge >= 0.3 is 0 Å². The second-order valence-corrected chi connectivity index (χ2v) is 7.38. The van der Waals surface area contributed by atoms with E-state index in [1.165, 1.54) is 11.3 Å². The van der Waals surface area contributed by atoms with Gasteiger partial charge in [0.2, 0.25) is 5.91 Å². The highest BCUT2D eigenvalue weighted by molar-refractivity contribution is 7.09. The highest BCUT2D eigenvalue weighted by Crippen LogP contribution is 2.20. The molecular weight excluding hydrogens is 396 g/mol. The second kappa shape index (κ2) is 9.96. The summed E-state index contributed by atoms with van der Waals surface area (Å²) >= 11 is 7.31. The molecule has 0 aliphatic carbocycles. The van der Waals surface area contributed by atoms with Gasteiger partial charge in [-0.15, -0.1) is 11.3 Å². The van der Waals surface area contributed by atoms with Crippen molar-refractivity contribution in [2.24, 2.45) is 0 Å². The van der Waals surface area contributed by atoms with Gasteiger partial charge in [-0.2, -0.15) is 0 Å². The average Bonchev–Trinajstić information content (AvgIpc) is 3.20. The molecule has 2 amide bonds. The number of carbonyl (C=O) groups is 2. The van der Waals surface area contributed by atoms with E-state index >= 15 is 0 Å². The van der Waals surface area contributed by atoms with Crippen molar-refractivity contribution in [3.63, 3.8) is 0 Å². The van der Waals surface area contributed by atoms with Gasteiger partial charge in [-0.05, 0) is 42.8 Å². The Bertz CT molecular complexity index is 929. The minimum absolute atomic E-state index is 0.0681. The first-order valence-electron chi connectivity index (χ1n) is 8.77. The highest BCUT2D eigenvalue weighted by atomic mass is 35.5. The molecule has 0 atom stereocenters. The zero-order valence-corrected chi connectivity index (χ0v) is 16.6. The molecule has 3 rings (SSSR count). The molecule has 2 aromatic heterocycles. The van der Waals surface area contributed by atoms with Gasteiger partial charge in [0.25, 0.3) is 5.91 Å². The third kappa shape index (κ3) is 5.87. The molecule has 0 bridgehead atoms. The second-order valence-electron chi connectivity index (χ2n) is 6.01. The van der Waals surface area contributed by atoms with Crippen LogP contribution in [-0.4, -0.2) is 28.3 Å². The third-order valence-electron chi connectivity index (χ3n) is 3.94. The number of benzene rings is 1. The molecule has 0 aliphatic heterocycles. The SMILES string of the molecule is O=C(CCCNC(=O)c1ccc(Cl)cc1)NCc1nc(-c2ccncc2)cs1. The molecule has 0 unspecified atom stereocenters. The standard InChI is InChI=1S/C20H19ClN4O2S/c21-16-5-3-15(4-6-16)20(27)23-9-1-2-18(26)24-12-19-25-17(13-28-19)14-7-10-22-11-8-14/h3-8,10-11,13H,1-2,9,12H2,(H,23,27)(H,24,26). The van der Waals surface area contributed by atoms with Gasteiger partial charge in [-0.1, -0.05) is 11.6 Å². The van der Waals surface area contributed by atoms with E-state index in [1.807, 2.05) is 17.5 Å². The van der Waals surface area contributed by atoms with Crippen molar-refractivity contribution in [2.45, 2.75) is 19.4 Å². The number of carbonyl (C=O) groups excluding carboxylic acids is 2. The summed E-state index contributed by atoms with van der Waals surface area (Å²) in [5.74, 6) is -0.245. The smallest absolute Gasteiger partial charge is 0.251 e. The van der Waals surface area contributed by atoms with Crippen molar-refractivity contribution in [3.8, 4) is 11.3 Å². The fraction of sp³-hybridized carbons (Fsp3) is 0.200. The number of thiazole rings is 1. The molecule has 0 saturated carbocycles. The maximum atomic E-state index is 12.0. The molecule has 0 fully saturated rings. The topological polar surface area (TPSA) is 84.0 Å². The van der Waals surface area contributed by atoms with Crippen molar-refractivity contribution >= 4 is 34.8 Å². The molecule has 3 aromatic rings. The molecule has 2 N–H and O–H groups in total. The molecule has 6 nitrogen and oxygen atoms in total. The number of nitrogens with zero attached hydrogens (tertiary/aromatic N) is 2. The van der Waals surface area contributed by atoms with Crippen LogP contribution in [0.15, 0.2) is 54.2 Å². The van der Waals surface area contributed by atoms with E-state index in [-0.39, 0.29) is 11.8 Å². The van der Waals surface area contributed by atoms with Crippen molar-refractivity contribution in [1.29, 1.82) is 0 Å². The molecule has 2 heterocycles. The van der Waals surface area contributed by atoms with Gasteiger partial charge < -0.3 is 10.6 Å². The zero-order chi connectivity index (χ0) is 19.8. The zero-order valence-electron chi connectivity index (χ0n) is 15.0. The maximum absolute atomic E-state index is 12.0. The van der Waals surface area contributed by atoms with Crippen LogP contribution in [0.2, 0.25) is 5.02 Å². The number of aromatic nitrogens is 2. The van der Waals surface area contributed by atoms with Gasteiger partial charge in [0.05, 0.1) is 12.2 Å². The summed E-state index contributed by atoms with van der Waals surface area (Å²) in [5, 5.41) is 9.04. The Kier molecular flexibility index (Phi) is 7.11. The summed E-state index contributed by atoms with van der Waals surface area (Å²) < 4.78 is 0. The molecule has 0 spiro atoms. The molecule has 8 heteroatoms. The lowest BCUT2D eigenvalue weighted by Gasteiger charge is -2.06. The molecule has 0 saturated heterocycles. The number of hydrogen-bond donors (Lipinski definition) is 2. The van der Waals surface area contributed by atoms with Crippen LogP contribution in [0.5, 0.6) is 0 Å². The van der Waals surface area contributed by atoms with Crippen LogP contribution < -0.4 is 10.6 Å². The van der Waals surface area contributed by atoms with Crippen LogP contribution in [0.25, 0.3) is 11.3 Å².